The molecule has 4 heterocycles. The Kier molecular flexibility index (Phi) is 4.31. The van der Waals surface area contributed by atoms with Gasteiger partial charge >= 0.3 is 0 Å². The first kappa shape index (κ1) is 19.3. The summed E-state index contributed by atoms with van der Waals surface area (Å²) in [6.45, 7) is 7.50. The highest BCUT2D eigenvalue weighted by atomic mass is 16.2. The van der Waals surface area contributed by atoms with Crippen molar-refractivity contribution in [2.24, 2.45) is 11.3 Å². The lowest BCUT2D eigenvalue weighted by atomic mass is 9.94. The number of H-pyrrole nitrogens is 1. The Bertz CT molecular complexity index is 1090. The second-order valence-electron chi connectivity index (χ2n) is 9.94. The van der Waals surface area contributed by atoms with Crippen LogP contribution in [0.25, 0.3) is 5.65 Å². The number of nitrogens with one attached hydrogen (secondary N) is 1. The van der Waals surface area contributed by atoms with E-state index in [4.69, 9.17) is 4.98 Å². The Morgan fingerprint density at radius 2 is 1.93 bits per heavy atom. The van der Waals surface area contributed by atoms with Crippen LogP contribution in [0.2, 0.25) is 0 Å². The van der Waals surface area contributed by atoms with E-state index in [2.05, 4.69) is 5.10 Å². The maximum Gasteiger partial charge on any atom is 0.277 e. The van der Waals surface area contributed by atoms with E-state index in [0.717, 1.165) is 43.6 Å². The third-order valence-electron chi connectivity index (χ3n) is 6.53. The van der Waals surface area contributed by atoms with Crippen molar-refractivity contribution < 1.29 is 9.59 Å². The number of rotatable bonds is 2. The highest BCUT2D eigenvalue weighted by Gasteiger charge is 2.38. The van der Waals surface area contributed by atoms with Gasteiger partial charge in [-0.25, -0.2) is 9.50 Å². The van der Waals surface area contributed by atoms with E-state index < -0.39 is 5.41 Å². The standard InChI is InChI=1S/C22H29N5O3/c1-22(2,3)21(30)26-9-4-5-17(26)16-11-18-23-15-8-10-25(19(28)13-6-7-13)12-14(15)20(29)27(18)24-16/h11,13,17,24H,4-10,12H2,1-3H3. The predicted molar refractivity (Wildman–Crippen MR) is 111 cm³/mol. The number of aromatic amines is 1. The summed E-state index contributed by atoms with van der Waals surface area (Å²) in [5.41, 5.74) is 2.25. The summed E-state index contributed by atoms with van der Waals surface area (Å²) in [6.07, 6.45) is 4.34. The molecule has 2 aromatic rings. The second kappa shape index (κ2) is 6.68. The van der Waals surface area contributed by atoms with Gasteiger partial charge < -0.3 is 9.80 Å². The molecule has 0 bridgehead atoms. The van der Waals surface area contributed by atoms with Gasteiger partial charge in [-0.05, 0) is 25.7 Å². The monoisotopic (exact) mass is 411 g/mol. The lowest BCUT2D eigenvalue weighted by Crippen LogP contribution is -2.41. The van der Waals surface area contributed by atoms with Crippen LogP contribution in [0, 0.1) is 11.3 Å². The number of likely N-dealkylation sites (tertiary alicyclic amines) is 1. The summed E-state index contributed by atoms with van der Waals surface area (Å²) in [7, 11) is 0. The first-order chi connectivity index (χ1) is 14.2. The normalized spacial score (nSPS) is 21.9. The third-order valence-corrected chi connectivity index (χ3v) is 6.53. The fourth-order valence-electron chi connectivity index (χ4n) is 4.71. The molecular weight excluding hydrogens is 382 g/mol. The van der Waals surface area contributed by atoms with Gasteiger partial charge in [-0.1, -0.05) is 20.8 Å². The molecule has 2 aliphatic heterocycles. The van der Waals surface area contributed by atoms with E-state index in [1.165, 1.54) is 4.52 Å². The van der Waals surface area contributed by atoms with E-state index in [1.807, 2.05) is 31.7 Å². The van der Waals surface area contributed by atoms with Crippen LogP contribution in [0.15, 0.2) is 10.9 Å². The molecule has 8 heteroatoms. The molecule has 0 spiro atoms. The fourth-order valence-corrected chi connectivity index (χ4v) is 4.71. The Balaban J connectivity index is 1.48. The van der Waals surface area contributed by atoms with Crippen LogP contribution in [-0.2, 0) is 22.6 Å². The summed E-state index contributed by atoms with van der Waals surface area (Å²) < 4.78 is 1.48. The Labute approximate surface area is 175 Å². The minimum Gasteiger partial charge on any atom is -0.337 e. The maximum atomic E-state index is 13.2. The number of carbonyl (C=O) groups excluding carboxylic acids is 2. The minimum absolute atomic E-state index is 0.0669. The average Bonchev–Trinajstić information content (AvgIpc) is 3.28. The highest BCUT2D eigenvalue weighted by Crippen LogP contribution is 2.35. The summed E-state index contributed by atoms with van der Waals surface area (Å²) in [5, 5.41) is 3.22. The number of amides is 2. The SMILES string of the molecule is CC(C)(C)C(=O)N1CCCC1c1cc2nc3c(c(=O)n2[nH]1)CN(C(=O)C1CC1)CC3. The molecule has 3 aliphatic rings. The van der Waals surface area contributed by atoms with Gasteiger partial charge in [0.05, 0.1) is 29.5 Å². The molecule has 0 radical (unpaired) electrons. The maximum absolute atomic E-state index is 13.2. The molecular formula is C22H29N5O3. The van der Waals surface area contributed by atoms with E-state index in [9.17, 15) is 14.4 Å². The summed E-state index contributed by atoms with van der Waals surface area (Å²) in [5.74, 6) is 0.439. The van der Waals surface area contributed by atoms with Gasteiger partial charge in [0, 0.05) is 36.9 Å². The van der Waals surface area contributed by atoms with Crippen molar-refractivity contribution in [3.63, 3.8) is 0 Å². The van der Waals surface area contributed by atoms with Gasteiger partial charge in [0.25, 0.3) is 5.56 Å². The highest BCUT2D eigenvalue weighted by molar-refractivity contribution is 5.82. The van der Waals surface area contributed by atoms with Crippen molar-refractivity contribution in [1.29, 1.82) is 0 Å². The zero-order valence-corrected chi connectivity index (χ0v) is 17.9. The molecule has 2 amide bonds. The van der Waals surface area contributed by atoms with Crippen LogP contribution in [0.1, 0.15) is 69.4 Å². The molecule has 0 aromatic carbocycles. The molecule has 1 unspecified atom stereocenters. The van der Waals surface area contributed by atoms with E-state index in [-0.39, 0.29) is 29.3 Å². The van der Waals surface area contributed by atoms with Gasteiger partial charge in [0.2, 0.25) is 11.8 Å². The Morgan fingerprint density at radius 1 is 1.17 bits per heavy atom. The van der Waals surface area contributed by atoms with E-state index in [0.29, 0.717) is 30.7 Å². The van der Waals surface area contributed by atoms with Crippen LogP contribution < -0.4 is 5.56 Å². The van der Waals surface area contributed by atoms with Crippen LogP contribution in [0.4, 0.5) is 0 Å². The molecule has 2 aromatic heterocycles. The smallest absolute Gasteiger partial charge is 0.277 e. The average molecular weight is 412 g/mol. The van der Waals surface area contributed by atoms with Gasteiger partial charge in [-0.2, -0.15) is 0 Å². The van der Waals surface area contributed by atoms with Crippen molar-refractivity contribution in [3.05, 3.63) is 33.4 Å². The van der Waals surface area contributed by atoms with Gasteiger partial charge in [-0.15, -0.1) is 0 Å². The molecule has 2 fully saturated rings. The molecule has 5 rings (SSSR count). The fraction of sp³-hybridized carbons (Fsp3) is 0.636. The van der Waals surface area contributed by atoms with Crippen molar-refractivity contribution in [2.45, 2.75) is 65.5 Å². The van der Waals surface area contributed by atoms with Crippen molar-refractivity contribution in [2.75, 3.05) is 13.1 Å². The number of fused-ring (bicyclic) bond motifs is 2. The number of hydrogen-bond acceptors (Lipinski definition) is 4. The summed E-state index contributed by atoms with van der Waals surface area (Å²) in [4.78, 5) is 47.0. The molecule has 1 aliphatic carbocycles. The van der Waals surface area contributed by atoms with Crippen molar-refractivity contribution in [1.82, 2.24) is 24.4 Å². The van der Waals surface area contributed by atoms with E-state index in [1.54, 1.807) is 4.90 Å². The molecule has 1 atom stereocenters. The van der Waals surface area contributed by atoms with Gasteiger partial charge in [-0.3, -0.25) is 19.5 Å². The van der Waals surface area contributed by atoms with Crippen LogP contribution in [0.5, 0.6) is 0 Å². The number of aromatic nitrogens is 3. The summed E-state index contributed by atoms with van der Waals surface area (Å²) >= 11 is 0. The summed E-state index contributed by atoms with van der Waals surface area (Å²) in [6, 6.07) is 1.84. The van der Waals surface area contributed by atoms with Gasteiger partial charge in [0.1, 0.15) is 0 Å². The van der Waals surface area contributed by atoms with Gasteiger partial charge in [0.15, 0.2) is 5.65 Å². The first-order valence-corrected chi connectivity index (χ1v) is 11.0. The molecule has 160 valence electrons. The lowest BCUT2D eigenvalue weighted by molar-refractivity contribution is -0.140. The molecule has 1 saturated carbocycles. The van der Waals surface area contributed by atoms with Crippen molar-refractivity contribution in [3.8, 4) is 0 Å². The number of nitrogens with zero attached hydrogens (tertiary/aromatic N) is 4. The molecule has 8 nitrogen and oxygen atoms in total. The molecule has 1 N–H and O–H groups in total. The lowest BCUT2D eigenvalue weighted by Gasteiger charge is -2.30. The number of hydrogen-bond donors (Lipinski definition) is 1. The topological polar surface area (TPSA) is 90.8 Å². The zero-order valence-electron chi connectivity index (χ0n) is 17.9. The Hall–Kier alpha value is -2.64. The van der Waals surface area contributed by atoms with Crippen LogP contribution in [-0.4, -0.2) is 49.3 Å². The molecule has 1 saturated heterocycles. The van der Waals surface area contributed by atoms with Crippen LogP contribution >= 0.6 is 0 Å². The quantitative estimate of drug-likeness (QED) is 0.819. The zero-order chi connectivity index (χ0) is 21.2. The predicted octanol–water partition coefficient (Wildman–Crippen LogP) is 2.03. The van der Waals surface area contributed by atoms with Crippen LogP contribution in [0.3, 0.4) is 0 Å². The Morgan fingerprint density at radius 3 is 2.63 bits per heavy atom. The minimum atomic E-state index is -0.444. The number of carbonyl (C=O) groups is 2. The van der Waals surface area contributed by atoms with Crippen molar-refractivity contribution >= 4 is 17.5 Å². The largest absolute Gasteiger partial charge is 0.337 e. The first-order valence-electron chi connectivity index (χ1n) is 11.0. The molecule has 30 heavy (non-hydrogen) atoms. The third kappa shape index (κ3) is 3.13. The van der Waals surface area contributed by atoms with E-state index >= 15 is 0 Å². The second-order valence-corrected chi connectivity index (χ2v) is 9.94.